The molecule has 0 aromatic heterocycles. The van der Waals surface area contributed by atoms with Gasteiger partial charge in [-0.15, -0.1) is 0 Å². The number of hydrogen-bond donors (Lipinski definition) is 2. The average molecular weight is 522 g/mol. The van der Waals surface area contributed by atoms with Crippen LogP contribution in [0.4, 0.5) is 0 Å². The minimum absolute atomic E-state index is 0.103. The summed E-state index contributed by atoms with van der Waals surface area (Å²) in [5, 5.41) is 6.07. The molecule has 1 atom stereocenters. The van der Waals surface area contributed by atoms with E-state index < -0.39 is 17.9 Å². The summed E-state index contributed by atoms with van der Waals surface area (Å²) >= 11 is 11.2. The van der Waals surface area contributed by atoms with E-state index in [-0.39, 0.29) is 17.4 Å². The highest BCUT2D eigenvalue weighted by Gasteiger charge is 2.34. The molecule has 0 radical (unpaired) electrons. The fraction of sp³-hybridized carbons (Fsp3) is 0.538. The summed E-state index contributed by atoms with van der Waals surface area (Å²) in [5.74, 6) is -1.18. The van der Waals surface area contributed by atoms with Crippen molar-refractivity contribution in [3.63, 3.8) is 0 Å². The monoisotopic (exact) mass is 521 g/mol. The molecule has 7 nitrogen and oxygen atoms in total. The molecule has 192 valence electrons. The number of carbonyl (C=O) groups excluding carboxylic acids is 3. The van der Waals surface area contributed by atoms with E-state index in [0.717, 1.165) is 24.8 Å². The van der Waals surface area contributed by atoms with Gasteiger partial charge in [-0.1, -0.05) is 75.6 Å². The smallest absolute Gasteiger partial charge is 0.308 e. The molecular weight excluding hydrogens is 486 g/mol. The lowest BCUT2D eigenvalue weighted by Crippen LogP contribution is -2.60. The van der Waals surface area contributed by atoms with Gasteiger partial charge in [0, 0.05) is 24.2 Å². The van der Waals surface area contributed by atoms with Crippen LogP contribution in [0.2, 0.25) is 5.02 Å². The second-order valence-electron chi connectivity index (χ2n) is 8.58. The van der Waals surface area contributed by atoms with Crippen molar-refractivity contribution < 1.29 is 19.1 Å². The molecule has 9 heteroatoms. The second-order valence-corrected chi connectivity index (χ2v) is 9.40. The molecule has 2 amide bonds. The predicted octanol–water partition coefficient (Wildman–Crippen LogP) is 4.63. The molecule has 1 unspecified atom stereocenters. The van der Waals surface area contributed by atoms with Crippen LogP contribution in [-0.2, 0) is 19.1 Å². The van der Waals surface area contributed by atoms with Gasteiger partial charge in [0.1, 0.15) is 6.04 Å². The first kappa shape index (κ1) is 28.8. The molecule has 2 rings (SSSR count). The topological polar surface area (TPSA) is 87.7 Å². The van der Waals surface area contributed by atoms with Crippen LogP contribution in [0.5, 0.6) is 0 Å². The van der Waals surface area contributed by atoms with Crippen LogP contribution in [0.1, 0.15) is 70.3 Å². The predicted molar refractivity (Wildman–Crippen MR) is 143 cm³/mol. The minimum atomic E-state index is -0.817. The molecule has 0 aliphatic carbocycles. The minimum Gasteiger partial charge on any atom is -0.466 e. The van der Waals surface area contributed by atoms with Gasteiger partial charge < -0.3 is 15.0 Å². The summed E-state index contributed by atoms with van der Waals surface area (Å²) in [6.45, 7) is 3.32. The first-order valence-electron chi connectivity index (χ1n) is 12.4. The SMILES string of the molecule is CCCCCCCCCCOC(=O)CC1C(=O)NCCN1C(=S)NC(=O)/C=C/c1ccc(Cl)cc1. The zero-order valence-corrected chi connectivity index (χ0v) is 22.0. The molecule has 1 aromatic rings. The van der Waals surface area contributed by atoms with Crippen molar-refractivity contribution in [2.24, 2.45) is 0 Å². The number of nitrogens with one attached hydrogen (secondary N) is 2. The van der Waals surface area contributed by atoms with E-state index in [2.05, 4.69) is 17.6 Å². The van der Waals surface area contributed by atoms with Gasteiger partial charge in [0.05, 0.1) is 13.0 Å². The summed E-state index contributed by atoms with van der Waals surface area (Å²) in [7, 11) is 0. The van der Waals surface area contributed by atoms with Crippen molar-refractivity contribution >= 4 is 52.8 Å². The molecule has 0 saturated carbocycles. The highest BCUT2D eigenvalue weighted by atomic mass is 35.5. The molecule has 0 bridgehead atoms. The van der Waals surface area contributed by atoms with Gasteiger partial charge in [0.2, 0.25) is 11.8 Å². The fourth-order valence-corrected chi connectivity index (χ4v) is 4.21. The van der Waals surface area contributed by atoms with E-state index in [1.807, 2.05) is 0 Å². The third kappa shape index (κ3) is 11.2. The number of amides is 2. The van der Waals surface area contributed by atoms with Crippen molar-refractivity contribution in [1.29, 1.82) is 0 Å². The number of benzene rings is 1. The molecule has 1 heterocycles. The Hall–Kier alpha value is -2.45. The molecule has 1 aliphatic heterocycles. The molecule has 0 spiro atoms. The summed E-state index contributed by atoms with van der Waals surface area (Å²) in [5.41, 5.74) is 0.810. The number of rotatable bonds is 13. The summed E-state index contributed by atoms with van der Waals surface area (Å²) in [6, 6.07) is 6.22. The van der Waals surface area contributed by atoms with Gasteiger partial charge >= 0.3 is 5.97 Å². The van der Waals surface area contributed by atoms with E-state index in [4.69, 9.17) is 28.6 Å². The zero-order valence-electron chi connectivity index (χ0n) is 20.4. The van der Waals surface area contributed by atoms with E-state index >= 15 is 0 Å². The summed E-state index contributed by atoms with van der Waals surface area (Å²) in [4.78, 5) is 38.7. The van der Waals surface area contributed by atoms with Crippen molar-refractivity contribution in [3.8, 4) is 0 Å². The quantitative estimate of drug-likeness (QED) is 0.170. The Bertz CT molecular complexity index is 876. The molecule has 1 aliphatic rings. The van der Waals surface area contributed by atoms with Gasteiger partial charge in [-0.2, -0.15) is 0 Å². The maximum absolute atomic E-state index is 12.4. The third-order valence-corrected chi connectivity index (χ3v) is 6.33. The zero-order chi connectivity index (χ0) is 25.5. The summed E-state index contributed by atoms with van der Waals surface area (Å²) < 4.78 is 5.35. The fourth-order valence-electron chi connectivity index (χ4n) is 3.76. The number of piperazine rings is 1. The van der Waals surface area contributed by atoms with Gasteiger partial charge in [0.15, 0.2) is 5.11 Å². The number of unbranched alkanes of at least 4 members (excludes halogenated alkanes) is 7. The number of nitrogens with zero attached hydrogens (tertiary/aromatic N) is 1. The standard InChI is InChI=1S/C26H36ClN3O4S/c1-2-3-4-5-6-7-8-9-18-34-24(32)19-22-25(33)28-16-17-30(22)26(35)29-23(31)15-12-20-10-13-21(27)14-11-20/h10-15,22H,2-9,16-19H2,1H3,(H,28,33)(H,29,31,35)/b15-12+. The Balaban J connectivity index is 1.76. The molecule has 1 fully saturated rings. The first-order chi connectivity index (χ1) is 16.9. The van der Waals surface area contributed by atoms with Crippen LogP contribution in [0.3, 0.4) is 0 Å². The Labute approximate surface area is 218 Å². The van der Waals surface area contributed by atoms with Crippen molar-refractivity contribution in [3.05, 3.63) is 40.9 Å². The van der Waals surface area contributed by atoms with Crippen molar-refractivity contribution in [2.45, 2.75) is 70.8 Å². The van der Waals surface area contributed by atoms with Crippen LogP contribution in [0.25, 0.3) is 6.08 Å². The van der Waals surface area contributed by atoms with Crippen LogP contribution in [0, 0.1) is 0 Å². The lowest BCUT2D eigenvalue weighted by atomic mass is 10.1. The molecule has 1 aromatic carbocycles. The second kappa shape index (κ2) is 16.3. The first-order valence-corrected chi connectivity index (χ1v) is 13.2. The van der Waals surface area contributed by atoms with Crippen LogP contribution in [0.15, 0.2) is 30.3 Å². The van der Waals surface area contributed by atoms with Crippen molar-refractivity contribution in [1.82, 2.24) is 15.5 Å². The highest BCUT2D eigenvalue weighted by molar-refractivity contribution is 7.80. The van der Waals surface area contributed by atoms with E-state index in [0.29, 0.717) is 24.7 Å². The Morgan fingerprint density at radius 3 is 2.49 bits per heavy atom. The van der Waals surface area contributed by atoms with Gasteiger partial charge in [-0.3, -0.25) is 19.7 Å². The molecule has 2 N–H and O–H groups in total. The van der Waals surface area contributed by atoms with Gasteiger partial charge in [0.25, 0.3) is 0 Å². The van der Waals surface area contributed by atoms with E-state index in [9.17, 15) is 14.4 Å². The maximum Gasteiger partial charge on any atom is 0.308 e. The Kier molecular flexibility index (Phi) is 13.4. The van der Waals surface area contributed by atoms with Gasteiger partial charge in [-0.25, -0.2) is 0 Å². The normalized spacial score (nSPS) is 15.7. The molecule has 1 saturated heterocycles. The number of ether oxygens (including phenoxy) is 1. The lowest BCUT2D eigenvalue weighted by Gasteiger charge is -2.36. The van der Waals surface area contributed by atoms with Crippen LogP contribution >= 0.6 is 23.8 Å². The Morgan fingerprint density at radius 2 is 1.80 bits per heavy atom. The van der Waals surface area contributed by atoms with E-state index in [1.54, 1.807) is 35.2 Å². The van der Waals surface area contributed by atoms with Gasteiger partial charge in [-0.05, 0) is 42.4 Å². The van der Waals surface area contributed by atoms with E-state index in [1.165, 1.54) is 38.2 Å². The number of carbonyl (C=O) groups is 3. The lowest BCUT2D eigenvalue weighted by molar-refractivity contribution is -0.147. The molecular formula is C26H36ClN3O4S. The third-order valence-electron chi connectivity index (χ3n) is 5.74. The largest absolute Gasteiger partial charge is 0.466 e. The average Bonchev–Trinajstić information content (AvgIpc) is 2.84. The number of halogens is 1. The van der Waals surface area contributed by atoms with Crippen LogP contribution < -0.4 is 10.6 Å². The maximum atomic E-state index is 12.4. The van der Waals surface area contributed by atoms with Crippen molar-refractivity contribution in [2.75, 3.05) is 19.7 Å². The number of esters is 1. The highest BCUT2D eigenvalue weighted by Crippen LogP contribution is 2.13. The Morgan fingerprint density at radius 1 is 1.14 bits per heavy atom. The molecule has 35 heavy (non-hydrogen) atoms. The number of thiocarbonyl (C=S) groups is 1. The summed E-state index contributed by atoms with van der Waals surface area (Å²) in [6.07, 6.45) is 12.1. The number of hydrogen-bond acceptors (Lipinski definition) is 5. The van der Waals surface area contributed by atoms with Crippen LogP contribution in [-0.4, -0.2) is 53.5 Å².